The van der Waals surface area contributed by atoms with Crippen molar-refractivity contribution in [3.8, 4) is 28.6 Å². The Bertz CT molecular complexity index is 1350. The van der Waals surface area contributed by atoms with E-state index in [9.17, 15) is 9.59 Å². The SMILES string of the molecule is COc1ccc(-c2noc(CCn3c(=O)[nH]c4cc5c(cc4c3=O)OCO5)n2)cc1. The molecule has 0 bridgehead atoms. The zero-order chi connectivity index (χ0) is 20.7. The zero-order valence-corrected chi connectivity index (χ0v) is 15.9. The van der Waals surface area contributed by atoms with Gasteiger partial charge in [0.1, 0.15) is 5.75 Å². The van der Waals surface area contributed by atoms with Crippen LogP contribution in [0.25, 0.3) is 22.3 Å². The van der Waals surface area contributed by atoms with Gasteiger partial charge in [0.15, 0.2) is 11.5 Å². The molecule has 30 heavy (non-hydrogen) atoms. The molecule has 4 aromatic rings. The molecular formula is C20H16N4O6. The Morgan fingerprint density at radius 1 is 1.13 bits per heavy atom. The molecule has 2 aromatic carbocycles. The molecule has 5 rings (SSSR count). The van der Waals surface area contributed by atoms with Crippen LogP contribution in [0.1, 0.15) is 5.89 Å². The summed E-state index contributed by atoms with van der Waals surface area (Å²) in [4.78, 5) is 32.3. The average Bonchev–Trinajstić information content (AvgIpc) is 3.41. The lowest BCUT2D eigenvalue weighted by molar-refractivity contribution is 0.174. The van der Waals surface area contributed by atoms with Crippen molar-refractivity contribution in [2.75, 3.05) is 13.9 Å². The van der Waals surface area contributed by atoms with Gasteiger partial charge in [-0.2, -0.15) is 4.98 Å². The third kappa shape index (κ3) is 3.08. The summed E-state index contributed by atoms with van der Waals surface area (Å²) < 4.78 is 22.1. The van der Waals surface area contributed by atoms with Crippen molar-refractivity contribution in [1.82, 2.24) is 19.7 Å². The second kappa shape index (κ2) is 7.07. The minimum atomic E-state index is -0.527. The van der Waals surface area contributed by atoms with E-state index in [2.05, 4.69) is 15.1 Å². The fourth-order valence-corrected chi connectivity index (χ4v) is 3.27. The number of hydrogen-bond acceptors (Lipinski definition) is 8. The summed E-state index contributed by atoms with van der Waals surface area (Å²) >= 11 is 0. The number of benzene rings is 2. The highest BCUT2D eigenvalue weighted by atomic mass is 16.7. The zero-order valence-electron chi connectivity index (χ0n) is 15.9. The van der Waals surface area contributed by atoms with Crippen LogP contribution in [0, 0.1) is 0 Å². The molecule has 0 radical (unpaired) electrons. The molecule has 3 heterocycles. The van der Waals surface area contributed by atoms with Gasteiger partial charge in [0.05, 0.1) is 18.0 Å². The van der Waals surface area contributed by atoms with Gasteiger partial charge in [-0.15, -0.1) is 0 Å². The van der Waals surface area contributed by atoms with Gasteiger partial charge >= 0.3 is 5.69 Å². The van der Waals surface area contributed by atoms with E-state index >= 15 is 0 Å². The Hall–Kier alpha value is -4.08. The Balaban J connectivity index is 1.40. The first-order valence-electron chi connectivity index (χ1n) is 9.16. The highest BCUT2D eigenvalue weighted by Gasteiger charge is 2.18. The summed E-state index contributed by atoms with van der Waals surface area (Å²) in [6.45, 7) is 0.167. The van der Waals surface area contributed by atoms with Crippen LogP contribution in [0.4, 0.5) is 0 Å². The summed E-state index contributed by atoms with van der Waals surface area (Å²) in [5, 5.41) is 4.29. The van der Waals surface area contributed by atoms with Crippen molar-refractivity contribution >= 4 is 10.9 Å². The number of H-pyrrole nitrogens is 1. The van der Waals surface area contributed by atoms with E-state index in [1.807, 2.05) is 12.1 Å². The third-order valence-electron chi connectivity index (χ3n) is 4.84. The van der Waals surface area contributed by atoms with Crippen LogP contribution in [0.3, 0.4) is 0 Å². The van der Waals surface area contributed by atoms with Crippen LogP contribution >= 0.6 is 0 Å². The first kappa shape index (κ1) is 18.0. The molecule has 152 valence electrons. The molecule has 1 aliphatic rings. The minimum absolute atomic E-state index is 0.0811. The van der Waals surface area contributed by atoms with E-state index in [4.69, 9.17) is 18.7 Å². The number of methoxy groups -OCH3 is 1. The fourth-order valence-electron chi connectivity index (χ4n) is 3.27. The Morgan fingerprint density at radius 2 is 1.90 bits per heavy atom. The molecule has 10 nitrogen and oxygen atoms in total. The van der Waals surface area contributed by atoms with Gasteiger partial charge in [-0.1, -0.05) is 5.16 Å². The summed E-state index contributed by atoms with van der Waals surface area (Å²) in [7, 11) is 1.59. The molecule has 0 aliphatic carbocycles. The van der Waals surface area contributed by atoms with Gasteiger partial charge < -0.3 is 23.7 Å². The lowest BCUT2D eigenvalue weighted by Crippen LogP contribution is -2.35. The van der Waals surface area contributed by atoms with Gasteiger partial charge in [-0.05, 0) is 30.3 Å². The van der Waals surface area contributed by atoms with Gasteiger partial charge in [-0.3, -0.25) is 9.36 Å². The first-order valence-corrected chi connectivity index (χ1v) is 9.16. The van der Waals surface area contributed by atoms with Crippen molar-refractivity contribution in [3.05, 3.63) is 63.1 Å². The summed E-state index contributed by atoms with van der Waals surface area (Å²) in [6, 6.07) is 10.4. The molecule has 1 aliphatic heterocycles. The molecule has 0 saturated heterocycles. The number of rotatable bonds is 5. The Kier molecular flexibility index (Phi) is 4.24. The highest BCUT2D eigenvalue weighted by molar-refractivity contribution is 5.81. The first-order chi connectivity index (χ1) is 14.6. The van der Waals surface area contributed by atoms with Crippen molar-refractivity contribution in [3.63, 3.8) is 0 Å². The molecule has 2 aromatic heterocycles. The van der Waals surface area contributed by atoms with E-state index in [-0.39, 0.29) is 19.8 Å². The average molecular weight is 408 g/mol. The van der Waals surface area contributed by atoms with Crippen molar-refractivity contribution in [2.24, 2.45) is 0 Å². The molecular weight excluding hydrogens is 392 g/mol. The van der Waals surface area contributed by atoms with Gasteiger partial charge in [0.25, 0.3) is 5.56 Å². The fraction of sp³-hybridized carbons (Fsp3) is 0.200. The van der Waals surface area contributed by atoms with Crippen molar-refractivity contribution in [2.45, 2.75) is 13.0 Å². The molecule has 0 amide bonds. The maximum absolute atomic E-state index is 12.8. The number of hydrogen-bond donors (Lipinski definition) is 1. The van der Waals surface area contributed by atoms with E-state index in [0.717, 1.165) is 15.9 Å². The van der Waals surface area contributed by atoms with E-state index in [1.54, 1.807) is 31.4 Å². The van der Waals surface area contributed by atoms with Crippen LogP contribution < -0.4 is 25.5 Å². The van der Waals surface area contributed by atoms with Crippen molar-refractivity contribution < 1.29 is 18.7 Å². The highest BCUT2D eigenvalue weighted by Crippen LogP contribution is 2.34. The monoisotopic (exact) mass is 408 g/mol. The van der Waals surface area contributed by atoms with E-state index < -0.39 is 11.2 Å². The van der Waals surface area contributed by atoms with E-state index in [0.29, 0.717) is 34.1 Å². The minimum Gasteiger partial charge on any atom is -0.497 e. The van der Waals surface area contributed by atoms with E-state index in [1.165, 1.54) is 0 Å². The smallest absolute Gasteiger partial charge is 0.328 e. The molecule has 0 saturated carbocycles. The number of aryl methyl sites for hydroxylation is 1. The molecule has 0 spiro atoms. The number of nitrogens with zero attached hydrogens (tertiary/aromatic N) is 3. The van der Waals surface area contributed by atoms with Gasteiger partial charge in [0.2, 0.25) is 18.5 Å². The number of ether oxygens (including phenoxy) is 3. The lowest BCUT2D eigenvalue weighted by Gasteiger charge is -2.06. The van der Waals surface area contributed by atoms with Crippen molar-refractivity contribution in [1.29, 1.82) is 0 Å². The normalized spacial score (nSPS) is 12.4. The Labute approximate surface area is 168 Å². The van der Waals surface area contributed by atoms with Crippen LogP contribution in [0.15, 0.2) is 50.5 Å². The lowest BCUT2D eigenvalue weighted by atomic mass is 10.2. The third-order valence-corrected chi connectivity index (χ3v) is 4.84. The maximum atomic E-state index is 12.8. The summed E-state index contributed by atoms with van der Waals surface area (Å²) in [5.74, 6) is 2.42. The number of nitrogens with one attached hydrogen (secondary N) is 1. The second-order valence-electron chi connectivity index (χ2n) is 6.63. The molecule has 10 heteroatoms. The van der Waals surface area contributed by atoms with Crippen LogP contribution in [-0.2, 0) is 13.0 Å². The molecule has 1 N–H and O–H groups in total. The van der Waals surface area contributed by atoms with Crippen LogP contribution in [0.5, 0.6) is 17.2 Å². The van der Waals surface area contributed by atoms with Crippen LogP contribution in [0.2, 0.25) is 0 Å². The standard InChI is InChI=1S/C20H16N4O6/c1-27-12-4-2-11(3-5-12)18-22-17(30-23-18)6-7-24-19(25)13-8-15-16(29-10-28-15)9-14(13)21-20(24)26/h2-5,8-9H,6-7,10H2,1H3,(H,21,26). The Morgan fingerprint density at radius 3 is 2.67 bits per heavy atom. The quantitative estimate of drug-likeness (QED) is 0.530. The summed E-state index contributed by atoms with van der Waals surface area (Å²) in [6.07, 6.45) is 0.224. The molecule has 0 fully saturated rings. The largest absolute Gasteiger partial charge is 0.497 e. The van der Waals surface area contributed by atoms with Gasteiger partial charge in [-0.25, -0.2) is 4.79 Å². The second-order valence-corrected chi connectivity index (χ2v) is 6.63. The maximum Gasteiger partial charge on any atom is 0.328 e. The van der Waals surface area contributed by atoms with Gasteiger partial charge in [0, 0.05) is 24.6 Å². The van der Waals surface area contributed by atoms with Crippen LogP contribution in [-0.4, -0.2) is 33.6 Å². The molecule has 0 unspecified atom stereocenters. The number of fused-ring (bicyclic) bond motifs is 2. The molecule has 0 atom stereocenters. The summed E-state index contributed by atoms with van der Waals surface area (Å²) in [5.41, 5.74) is 0.205. The topological polar surface area (TPSA) is 121 Å². The number of aromatic amines is 1. The predicted octanol–water partition coefficient (Wildman–Crippen LogP) is 1.72. The number of aromatic nitrogens is 4. The predicted molar refractivity (Wildman–Crippen MR) is 105 cm³/mol.